The Morgan fingerprint density at radius 3 is 2.52 bits per heavy atom. The van der Waals surface area contributed by atoms with Crippen LogP contribution >= 0.6 is 0 Å². The monoisotopic (exact) mass is 317 g/mol. The second-order valence-corrected chi connectivity index (χ2v) is 6.81. The van der Waals surface area contributed by atoms with Gasteiger partial charge in [0.2, 0.25) is 0 Å². The standard InChI is InChI=1S/C18H27N3O2/c1-21-12-11-15(17(21)13-7-3-2-4-8-13)20-18(23)19-14-9-5-6-10-16(14)22/h2-4,7-8,14-17,22H,5-6,9-12H2,1H3,(H2,19,20,23)/t14-,15+,16+,17-/m1/s1. The van der Waals surface area contributed by atoms with Gasteiger partial charge in [-0.2, -0.15) is 0 Å². The number of aliphatic hydroxyl groups is 1. The highest BCUT2D eigenvalue weighted by molar-refractivity contribution is 5.74. The van der Waals surface area contributed by atoms with E-state index in [0.717, 1.165) is 38.6 Å². The molecule has 1 saturated heterocycles. The highest BCUT2D eigenvalue weighted by Crippen LogP contribution is 2.30. The van der Waals surface area contributed by atoms with Crippen molar-refractivity contribution < 1.29 is 9.90 Å². The maximum absolute atomic E-state index is 12.3. The molecule has 0 aromatic heterocycles. The van der Waals surface area contributed by atoms with E-state index in [1.807, 2.05) is 18.2 Å². The van der Waals surface area contributed by atoms with Gasteiger partial charge >= 0.3 is 6.03 Å². The number of carbonyl (C=O) groups is 1. The molecule has 126 valence electrons. The molecule has 0 unspecified atom stereocenters. The summed E-state index contributed by atoms with van der Waals surface area (Å²) in [5.41, 5.74) is 1.23. The number of nitrogens with one attached hydrogen (secondary N) is 2. The van der Waals surface area contributed by atoms with Crippen molar-refractivity contribution in [2.75, 3.05) is 13.6 Å². The molecule has 1 aromatic rings. The second kappa shape index (κ2) is 7.32. The minimum Gasteiger partial charge on any atom is -0.391 e. The average Bonchev–Trinajstić information content (AvgIpc) is 2.91. The summed E-state index contributed by atoms with van der Waals surface area (Å²) in [5.74, 6) is 0. The number of hydrogen-bond acceptors (Lipinski definition) is 3. The molecule has 1 saturated carbocycles. The van der Waals surface area contributed by atoms with Gasteiger partial charge in [0, 0.05) is 6.54 Å². The number of aliphatic hydroxyl groups excluding tert-OH is 1. The molecule has 5 heteroatoms. The molecule has 2 fully saturated rings. The van der Waals surface area contributed by atoms with Crippen LogP contribution in [0.5, 0.6) is 0 Å². The van der Waals surface area contributed by atoms with Crippen molar-refractivity contribution in [1.29, 1.82) is 0 Å². The highest BCUT2D eigenvalue weighted by Gasteiger charge is 2.34. The molecule has 1 aliphatic heterocycles. The summed E-state index contributed by atoms with van der Waals surface area (Å²) in [7, 11) is 2.10. The SMILES string of the molecule is CN1CC[C@H](NC(=O)N[C@@H]2CCCC[C@@H]2O)[C@H]1c1ccccc1. The van der Waals surface area contributed by atoms with E-state index in [2.05, 4.69) is 34.7 Å². The summed E-state index contributed by atoms with van der Waals surface area (Å²) in [6.07, 6.45) is 4.29. The number of urea groups is 1. The summed E-state index contributed by atoms with van der Waals surface area (Å²) < 4.78 is 0. The number of rotatable bonds is 3. The van der Waals surface area contributed by atoms with Crippen LogP contribution in [0.1, 0.15) is 43.7 Å². The van der Waals surface area contributed by atoms with Gasteiger partial charge in [0.25, 0.3) is 0 Å². The van der Waals surface area contributed by atoms with Gasteiger partial charge in [-0.05, 0) is 31.9 Å². The Morgan fingerprint density at radius 2 is 1.78 bits per heavy atom. The first kappa shape index (κ1) is 16.3. The Hall–Kier alpha value is -1.59. The number of likely N-dealkylation sites (N-methyl/N-ethyl adjacent to an activating group) is 1. The van der Waals surface area contributed by atoms with Gasteiger partial charge in [-0.25, -0.2) is 4.79 Å². The van der Waals surface area contributed by atoms with Crippen molar-refractivity contribution in [1.82, 2.24) is 15.5 Å². The minimum atomic E-state index is -0.411. The van der Waals surface area contributed by atoms with Crippen LogP contribution in [-0.4, -0.2) is 47.8 Å². The third-order valence-corrected chi connectivity index (χ3v) is 5.15. The number of amides is 2. The number of benzene rings is 1. The Balaban J connectivity index is 1.61. The number of carbonyl (C=O) groups excluding carboxylic acids is 1. The zero-order valence-corrected chi connectivity index (χ0v) is 13.7. The van der Waals surface area contributed by atoms with E-state index in [9.17, 15) is 9.90 Å². The Labute approximate surface area is 138 Å². The molecular formula is C18H27N3O2. The van der Waals surface area contributed by atoms with Crippen LogP contribution in [-0.2, 0) is 0 Å². The molecule has 3 N–H and O–H groups in total. The molecule has 2 aliphatic rings. The lowest BCUT2D eigenvalue weighted by Crippen LogP contribution is -2.52. The van der Waals surface area contributed by atoms with E-state index in [1.165, 1.54) is 5.56 Å². The maximum atomic E-state index is 12.3. The lowest BCUT2D eigenvalue weighted by atomic mass is 9.93. The van der Waals surface area contributed by atoms with Gasteiger partial charge in [0.05, 0.1) is 24.2 Å². The third kappa shape index (κ3) is 3.85. The summed E-state index contributed by atoms with van der Waals surface area (Å²) in [6, 6.07) is 10.4. The Kier molecular flexibility index (Phi) is 5.18. The molecule has 23 heavy (non-hydrogen) atoms. The molecule has 2 amide bonds. The molecule has 1 aromatic carbocycles. The average molecular weight is 317 g/mol. The zero-order chi connectivity index (χ0) is 16.2. The summed E-state index contributed by atoms with van der Waals surface area (Å²) >= 11 is 0. The molecule has 0 bridgehead atoms. The normalized spacial score (nSPS) is 31.7. The lowest BCUT2D eigenvalue weighted by molar-refractivity contribution is 0.0938. The van der Waals surface area contributed by atoms with E-state index < -0.39 is 6.10 Å². The molecule has 0 radical (unpaired) electrons. The zero-order valence-electron chi connectivity index (χ0n) is 13.7. The molecule has 3 rings (SSSR count). The van der Waals surface area contributed by atoms with Crippen LogP contribution in [0.25, 0.3) is 0 Å². The second-order valence-electron chi connectivity index (χ2n) is 6.81. The number of likely N-dealkylation sites (tertiary alicyclic amines) is 1. The topological polar surface area (TPSA) is 64.6 Å². The molecular weight excluding hydrogens is 290 g/mol. The number of nitrogens with zero attached hydrogens (tertiary/aromatic N) is 1. The van der Waals surface area contributed by atoms with Crippen LogP contribution in [0.2, 0.25) is 0 Å². The predicted octanol–water partition coefficient (Wildman–Crippen LogP) is 2.03. The first-order chi connectivity index (χ1) is 11.1. The first-order valence-electron chi connectivity index (χ1n) is 8.65. The summed E-state index contributed by atoms with van der Waals surface area (Å²) in [5, 5.41) is 16.1. The van der Waals surface area contributed by atoms with Crippen molar-refractivity contribution >= 4 is 6.03 Å². The fourth-order valence-electron chi connectivity index (χ4n) is 3.89. The van der Waals surface area contributed by atoms with Gasteiger partial charge in [-0.15, -0.1) is 0 Å². The Bertz CT molecular complexity index is 522. The van der Waals surface area contributed by atoms with E-state index in [-0.39, 0.29) is 24.2 Å². The van der Waals surface area contributed by atoms with Crippen LogP contribution in [0, 0.1) is 0 Å². The van der Waals surface area contributed by atoms with E-state index >= 15 is 0 Å². The molecule has 5 nitrogen and oxygen atoms in total. The largest absolute Gasteiger partial charge is 0.391 e. The van der Waals surface area contributed by atoms with Gasteiger partial charge in [0.15, 0.2) is 0 Å². The fourth-order valence-corrected chi connectivity index (χ4v) is 3.89. The summed E-state index contributed by atoms with van der Waals surface area (Å²) in [6.45, 7) is 0.969. The molecule has 4 atom stereocenters. The van der Waals surface area contributed by atoms with Crippen LogP contribution < -0.4 is 10.6 Å². The van der Waals surface area contributed by atoms with Gasteiger partial charge in [-0.1, -0.05) is 43.2 Å². The van der Waals surface area contributed by atoms with Crippen molar-refractivity contribution in [3.63, 3.8) is 0 Å². The van der Waals surface area contributed by atoms with Gasteiger partial charge < -0.3 is 15.7 Å². The fraction of sp³-hybridized carbons (Fsp3) is 0.611. The quantitative estimate of drug-likeness (QED) is 0.799. The van der Waals surface area contributed by atoms with Crippen LogP contribution in [0.15, 0.2) is 30.3 Å². The Morgan fingerprint density at radius 1 is 1.09 bits per heavy atom. The van der Waals surface area contributed by atoms with E-state index in [0.29, 0.717) is 0 Å². The summed E-state index contributed by atoms with van der Waals surface area (Å²) in [4.78, 5) is 14.6. The third-order valence-electron chi connectivity index (χ3n) is 5.15. The highest BCUT2D eigenvalue weighted by atomic mass is 16.3. The van der Waals surface area contributed by atoms with Crippen LogP contribution in [0.3, 0.4) is 0 Å². The van der Waals surface area contributed by atoms with Crippen molar-refractivity contribution in [3.8, 4) is 0 Å². The van der Waals surface area contributed by atoms with Crippen molar-refractivity contribution in [3.05, 3.63) is 35.9 Å². The van der Waals surface area contributed by atoms with Gasteiger partial charge in [-0.3, -0.25) is 4.90 Å². The van der Waals surface area contributed by atoms with E-state index in [4.69, 9.17) is 0 Å². The predicted molar refractivity (Wildman–Crippen MR) is 90.1 cm³/mol. The smallest absolute Gasteiger partial charge is 0.315 e. The van der Waals surface area contributed by atoms with Crippen molar-refractivity contribution in [2.24, 2.45) is 0 Å². The first-order valence-corrected chi connectivity index (χ1v) is 8.65. The lowest BCUT2D eigenvalue weighted by Gasteiger charge is -2.30. The van der Waals surface area contributed by atoms with Crippen molar-refractivity contribution in [2.45, 2.75) is 56.3 Å². The van der Waals surface area contributed by atoms with Crippen LogP contribution in [0.4, 0.5) is 4.79 Å². The maximum Gasteiger partial charge on any atom is 0.315 e. The van der Waals surface area contributed by atoms with Gasteiger partial charge in [0.1, 0.15) is 0 Å². The molecule has 1 heterocycles. The molecule has 1 aliphatic carbocycles. The molecule has 0 spiro atoms. The van der Waals surface area contributed by atoms with E-state index in [1.54, 1.807) is 0 Å². The number of hydrogen-bond donors (Lipinski definition) is 3. The minimum absolute atomic E-state index is 0.100.